The first-order chi connectivity index (χ1) is 9.69. The Labute approximate surface area is 130 Å². The van der Waals surface area contributed by atoms with Gasteiger partial charge in [0.2, 0.25) is 0 Å². The van der Waals surface area contributed by atoms with Gasteiger partial charge >= 0.3 is 0 Å². The van der Waals surface area contributed by atoms with Crippen LogP contribution < -0.4 is 5.32 Å². The third-order valence-electron chi connectivity index (χ3n) is 2.97. The Bertz CT molecular complexity index is 556. The summed E-state index contributed by atoms with van der Waals surface area (Å²) in [6.45, 7) is 6.25. The number of rotatable bonds is 7. The summed E-state index contributed by atoms with van der Waals surface area (Å²) in [6.07, 6.45) is 1.82. The van der Waals surface area contributed by atoms with Crippen molar-refractivity contribution in [2.75, 3.05) is 20.3 Å². The molecule has 110 valence electrons. The van der Waals surface area contributed by atoms with Gasteiger partial charge in [-0.3, -0.25) is 4.68 Å². The quantitative estimate of drug-likeness (QED) is 0.820. The predicted octanol–water partition coefficient (Wildman–Crippen LogP) is 2.15. The van der Waals surface area contributed by atoms with Gasteiger partial charge in [-0.2, -0.15) is 5.10 Å². The van der Waals surface area contributed by atoms with Gasteiger partial charge in [0.15, 0.2) is 0 Å². The van der Waals surface area contributed by atoms with Crippen LogP contribution in [0, 0.1) is 6.92 Å². The summed E-state index contributed by atoms with van der Waals surface area (Å²) in [5.74, 6) is 0. The largest absolute Gasteiger partial charge is 0.383 e. The minimum absolute atomic E-state index is 0.0359. The van der Waals surface area contributed by atoms with Crippen LogP contribution in [0.1, 0.15) is 29.2 Å². The molecule has 0 aliphatic carbocycles. The van der Waals surface area contributed by atoms with Crippen molar-refractivity contribution < 1.29 is 4.74 Å². The van der Waals surface area contributed by atoms with E-state index < -0.39 is 0 Å². The molecule has 2 aromatic rings. The molecule has 8 heteroatoms. The van der Waals surface area contributed by atoms with E-state index in [0.717, 1.165) is 27.3 Å². The third kappa shape index (κ3) is 3.25. The van der Waals surface area contributed by atoms with E-state index in [1.807, 2.05) is 17.8 Å². The van der Waals surface area contributed by atoms with Crippen LogP contribution in [0.4, 0.5) is 0 Å². The number of methoxy groups -OCH3 is 1. The highest BCUT2D eigenvalue weighted by molar-refractivity contribution is 9.10. The van der Waals surface area contributed by atoms with Crippen molar-refractivity contribution in [2.24, 2.45) is 0 Å². The van der Waals surface area contributed by atoms with Gasteiger partial charge < -0.3 is 10.1 Å². The number of nitrogens with zero attached hydrogens (tertiary/aromatic N) is 4. The van der Waals surface area contributed by atoms with Crippen molar-refractivity contribution in [3.63, 3.8) is 0 Å². The van der Waals surface area contributed by atoms with Crippen LogP contribution in [-0.4, -0.2) is 39.6 Å². The molecule has 20 heavy (non-hydrogen) atoms. The number of hydrogen-bond acceptors (Lipinski definition) is 6. The first-order valence-corrected chi connectivity index (χ1v) is 7.98. The molecule has 1 N–H and O–H groups in total. The Hall–Kier alpha value is -0.830. The Kier molecular flexibility index (Phi) is 5.64. The van der Waals surface area contributed by atoms with E-state index in [1.54, 1.807) is 7.11 Å². The molecule has 0 fully saturated rings. The number of hydrogen-bond donors (Lipinski definition) is 1. The predicted molar refractivity (Wildman–Crippen MR) is 82.0 cm³/mol. The van der Waals surface area contributed by atoms with Gasteiger partial charge in [-0.1, -0.05) is 11.4 Å². The van der Waals surface area contributed by atoms with Crippen molar-refractivity contribution in [1.82, 2.24) is 24.7 Å². The van der Waals surface area contributed by atoms with Gasteiger partial charge in [-0.05, 0) is 40.9 Å². The maximum atomic E-state index is 5.15. The fraction of sp³-hybridized carbons (Fsp3) is 0.583. The Morgan fingerprint density at radius 3 is 2.95 bits per heavy atom. The van der Waals surface area contributed by atoms with Crippen LogP contribution in [0.5, 0.6) is 0 Å². The molecule has 0 aliphatic heterocycles. The average Bonchev–Trinajstić information content (AvgIpc) is 3.01. The molecule has 2 rings (SSSR count). The molecule has 1 unspecified atom stereocenters. The van der Waals surface area contributed by atoms with Gasteiger partial charge in [-0.15, -0.1) is 5.10 Å². The zero-order valence-corrected chi connectivity index (χ0v) is 14.2. The molecular formula is C12H18BrN5OS. The first kappa shape index (κ1) is 15.6. The Morgan fingerprint density at radius 2 is 2.35 bits per heavy atom. The van der Waals surface area contributed by atoms with Gasteiger partial charge in [0, 0.05) is 7.11 Å². The molecule has 1 atom stereocenters. The van der Waals surface area contributed by atoms with Crippen molar-refractivity contribution in [3.05, 3.63) is 26.9 Å². The lowest BCUT2D eigenvalue weighted by Crippen LogP contribution is -2.25. The highest BCUT2D eigenvalue weighted by Gasteiger charge is 2.24. The SMILES string of the molecule is CCNC(c1snnc1C)c1c(Br)cnn1CCOC. The molecule has 0 saturated heterocycles. The number of aromatic nitrogens is 4. The fourth-order valence-electron chi connectivity index (χ4n) is 2.04. The van der Waals surface area contributed by atoms with Crippen LogP contribution in [0.3, 0.4) is 0 Å². The monoisotopic (exact) mass is 359 g/mol. The molecule has 2 aromatic heterocycles. The molecular weight excluding hydrogens is 342 g/mol. The van der Waals surface area contributed by atoms with Gasteiger partial charge in [-0.25, -0.2) is 0 Å². The third-order valence-corrected chi connectivity index (χ3v) is 4.47. The van der Waals surface area contributed by atoms with Crippen molar-refractivity contribution in [2.45, 2.75) is 26.4 Å². The molecule has 6 nitrogen and oxygen atoms in total. The van der Waals surface area contributed by atoms with E-state index in [2.05, 4.69) is 42.9 Å². The second-order valence-electron chi connectivity index (χ2n) is 4.31. The minimum atomic E-state index is 0.0359. The fourth-order valence-corrected chi connectivity index (χ4v) is 3.28. The van der Waals surface area contributed by atoms with Crippen molar-refractivity contribution >= 4 is 27.5 Å². The summed E-state index contributed by atoms with van der Waals surface area (Å²) in [5.41, 5.74) is 2.03. The van der Waals surface area contributed by atoms with E-state index in [-0.39, 0.29) is 6.04 Å². The molecule has 2 heterocycles. The topological polar surface area (TPSA) is 64.9 Å². The normalized spacial score (nSPS) is 12.8. The van der Waals surface area contributed by atoms with Crippen LogP contribution in [0.25, 0.3) is 0 Å². The second kappa shape index (κ2) is 7.26. The molecule has 0 radical (unpaired) electrons. The van der Waals surface area contributed by atoms with Crippen LogP contribution in [0.15, 0.2) is 10.7 Å². The summed E-state index contributed by atoms with van der Waals surface area (Å²) >= 11 is 5.01. The van der Waals surface area contributed by atoms with Crippen molar-refractivity contribution in [3.8, 4) is 0 Å². The summed E-state index contributed by atoms with van der Waals surface area (Å²) < 4.78 is 12.1. The number of aryl methyl sites for hydroxylation is 1. The van der Waals surface area contributed by atoms with Crippen LogP contribution in [-0.2, 0) is 11.3 Å². The molecule has 0 spiro atoms. The Balaban J connectivity index is 2.39. The maximum absolute atomic E-state index is 5.15. The van der Waals surface area contributed by atoms with E-state index in [0.29, 0.717) is 13.2 Å². The van der Waals surface area contributed by atoms with E-state index in [9.17, 15) is 0 Å². The molecule has 0 saturated carbocycles. The number of halogens is 1. The number of ether oxygens (including phenoxy) is 1. The smallest absolute Gasteiger partial charge is 0.0888 e. The average molecular weight is 360 g/mol. The van der Waals surface area contributed by atoms with E-state index in [4.69, 9.17) is 4.74 Å². The van der Waals surface area contributed by atoms with E-state index in [1.165, 1.54) is 11.5 Å². The summed E-state index contributed by atoms with van der Waals surface area (Å²) in [6, 6.07) is 0.0359. The molecule has 0 aromatic carbocycles. The molecule has 0 amide bonds. The highest BCUT2D eigenvalue weighted by atomic mass is 79.9. The van der Waals surface area contributed by atoms with Gasteiger partial charge in [0.05, 0.1) is 46.1 Å². The van der Waals surface area contributed by atoms with E-state index >= 15 is 0 Å². The van der Waals surface area contributed by atoms with Crippen molar-refractivity contribution in [1.29, 1.82) is 0 Å². The first-order valence-electron chi connectivity index (χ1n) is 6.41. The number of nitrogens with one attached hydrogen (secondary N) is 1. The van der Waals surface area contributed by atoms with Crippen LogP contribution in [0.2, 0.25) is 0 Å². The second-order valence-corrected chi connectivity index (χ2v) is 5.95. The molecule has 0 aliphatic rings. The lowest BCUT2D eigenvalue weighted by atomic mass is 10.1. The van der Waals surface area contributed by atoms with Gasteiger partial charge in [0.1, 0.15) is 0 Å². The zero-order chi connectivity index (χ0) is 14.5. The lowest BCUT2D eigenvalue weighted by Gasteiger charge is -2.19. The zero-order valence-electron chi connectivity index (χ0n) is 11.8. The summed E-state index contributed by atoms with van der Waals surface area (Å²) in [5, 5.41) is 12.0. The van der Waals surface area contributed by atoms with Crippen LogP contribution >= 0.6 is 27.5 Å². The molecule has 0 bridgehead atoms. The standard InChI is InChI=1S/C12H18BrN5OS/c1-4-14-10(12-8(2)16-17-20-12)11-9(13)7-15-18(11)5-6-19-3/h7,10,14H,4-6H2,1-3H3. The summed E-state index contributed by atoms with van der Waals surface area (Å²) in [7, 11) is 1.69. The minimum Gasteiger partial charge on any atom is -0.383 e. The maximum Gasteiger partial charge on any atom is 0.0888 e. The Morgan fingerprint density at radius 1 is 1.55 bits per heavy atom. The summed E-state index contributed by atoms with van der Waals surface area (Å²) in [4.78, 5) is 1.12. The van der Waals surface area contributed by atoms with Gasteiger partial charge in [0.25, 0.3) is 0 Å². The lowest BCUT2D eigenvalue weighted by molar-refractivity contribution is 0.182. The highest BCUT2D eigenvalue weighted by Crippen LogP contribution is 2.31.